The van der Waals surface area contributed by atoms with Gasteiger partial charge in [-0.2, -0.15) is 0 Å². The predicted molar refractivity (Wildman–Crippen MR) is 43.7 cm³/mol. The minimum atomic E-state index is 1.27. The second-order valence-electron chi connectivity index (χ2n) is 2.63. The minimum Gasteiger partial charge on any atom is -0.0804 e. The van der Waals surface area contributed by atoms with E-state index in [0.717, 1.165) is 0 Å². The maximum absolute atomic E-state index is 2.30. The van der Waals surface area contributed by atoms with Gasteiger partial charge in [0.05, 0.1) is 0 Å². The van der Waals surface area contributed by atoms with Gasteiger partial charge in [0, 0.05) is 0 Å². The normalized spacial score (nSPS) is 15.8. The standard InChI is InChI=1S/C10H10/c1-2-5-9(6-3-1)10-7-4-8-10/h1-3,5-7H,4,8H2. The third-order valence-corrected chi connectivity index (χ3v) is 1.95. The highest BCUT2D eigenvalue weighted by Gasteiger charge is 2.05. The molecule has 0 radical (unpaired) electrons. The van der Waals surface area contributed by atoms with Gasteiger partial charge in [-0.3, -0.25) is 0 Å². The summed E-state index contributed by atoms with van der Waals surface area (Å²) in [4.78, 5) is 0. The Bertz CT molecular complexity index is 244. The lowest BCUT2D eigenvalue weighted by Gasteiger charge is -2.13. The summed E-state index contributed by atoms with van der Waals surface area (Å²) in [6.45, 7) is 0. The average Bonchev–Trinajstić information content (AvgIpc) is 1.86. The summed E-state index contributed by atoms with van der Waals surface area (Å²) in [5.41, 5.74) is 2.91. The van der Waals surface area contributed by atoms with E-state index >= 15 is 0 Å². The highest BCUT2D eigenvalue weighted by atomic mass is 14.1. The molecule has 0 bridgehead atoms. The number of hydrogen-bond donors (Lipinski definition) is 0. The van der Waals surface area contributed by atoms with Crippen LogP contribution in [0.2, 0.25) is 0 Å². The summed E-state index contributed by atoms with van der Waals surface area (Å²) in [6.07, 6.45) is 4.84. The van der Waals surface area contributed by atoms with Gasteiger partial charge in [-0.15, -0.1) is 0 Å². The number of hydrogen-bond acceptors (Lipinski definition) is 0. The predicted octanol–water partition coefficient (Wildman–Crippen LogP) is 2.86. The summed E-state index contributed by atoms with van der Waals surface area (Å²) in [5, 5.41) is 0. The lowest BCUT2D eigenvalue weighted by molar-refractivity contribution is 0.988. The fourth-order valence-corrected chi connectivity index (χ4v) is 1.20. The molecule has 50 valence electrons. The topological polar surface area (TPSA) is 0 Å². The zero-order valence-corrected chi connectivity index (χ0v) is 5.88. The minimum absolute atomic E-state index is 1.27. The van der Waals surface area contributed by atoms with Gasteiger partial charge in [-0.25, -0.2) is 0 Å². The largest absolute Gasteiger partial charge is 0.0804 e. The Morgan fingerprint density at radius 1 is 1.00 bits per heavy atom. The van der Waals surface area contributed by atoms with Gasteiger partial charge in [0.25, 0.3) is 0 Å². The van der Waals surface area contributed by atoms with Gasteiger partial charge in [-0.1, -0.05) is 36.4 Å². The van der Waals surface area contributed by atoms with Crippen molar-refractivity contribution in [3.8, 4) is 0 Å². The van der Waals surface area contributed by atoms with Crippen LogP contribution in [0.3, 0.4) is 0 Å². The third kappa shape index (κ3) is 0.860. The van der Waals surface area contributed by atoms with Crippen molar-refractivity contribution in [3.05, 3.63) is 42.0 Å². The lowest BCUT2D eigenvalue weighted by atomic mass is 9.92. The maximum Gasteiger partial charge on any atom is -0.0228 e. The lowest BCUT2D eigenvalue weighted by Crippen LogP contribution is -1.91. The first-order valence-electron chi connectivity index (χ1n) is 3.71. The Hall–Kier alpha value is -1.04. The quantitative estimate of drug-likeness (QED) is 0.548. The highest BCUT2D eigenvalue weighted by Crippen LogP contribution is 2.27. The van der Waals surface area contributed by atoms with Gasteiger partial charge in [0.15, 0.2) is 0 Å². The van der Waals surface area contributed by atoms with Crippen LogP contribution >= 0.6 is 0 Å². The van der Waals surface area contributed by atoms with Crippen LogP contribution in [0, 0.1) is 0 Å². The first-order valence-corrected chi connectivity index (χ1v) is 3.71. The molecule has 1 aromatic carbocycles. The van der Waals surface area contributed by atoms with Crippen LogP contribution in [0.1, 0.15) is 18.4 Å². The van der Waals surface area contributed by atoms with Crippen LogP contribution in [0.4, 0.5) is 0 Å². The van der Waals surface area contributed by atoms with Crippen LogP contribution in [-0.4, -0.2) is 0 Å². The van der Waals surface area contributed by atoms with Crippen molar-refractivity contribution >= 4 is 5.57 Å². The Kier molecular flexibility index (Phi) is 1.31. The van der Waals surface area contributed by atoms with E-state index in [2.05, 4.69) is 36.4 Å². The first-order chi connectivity index (χ1) is 4.97. The molecule has 0 N–H and O–H groups in total. The number of benzene rings is 1. The van der Waals surface area contributed by atoms with E-state index < -0.39 is 0 Å². The van der Waals surface area contributed by atoms with Crippen molar-refractivity contribution < 1.29 is 0 Å². The fourth-order valence-electron chi connectivity index (χ4n) is 1.20. The molecular weight excluding hydrogens is 120 g/mol. The summed E-state index contributed by atoms with van der Waals surface area (Å²) < 4.78 is 0. The second kappa shape index (κ2) is 2.30. The molecule has 0 aliphatic heterocycles. The van der Waals surface area contributed by atoms with E-state index in [1.807, 2.05) is 0 Å². The van der Waals surface area contributed by atoms with Gasteiger partial charge in [0.1, 0.15) is 0 Å². The van der Waals surface area contributed by atoms with E-state index in [4.69, 9.17) is 0 Å². The van der Waals surface area contributed by atoms with Crippen molar-refractivity contribution in [1.29, 1.82) is 0 Å². The summed E-state index contributed by atoms with van der Waals surface area (Å²) >= 11 is 0. The molecule has 1 aromatic rings. The van der Waals surface area contributed by atoms with Crippen molar-refractivity contribution in [3.63, 3.8) is 0 Å². The van der Waals surface area contributed by atoms with Crippen LogP contribution in [0.5, 0.6) is 0 Å². The smallest absolute Gasteiger partial charge is 0.0228 e. The zero-order valence-electron chi connectivity index (χ0n) is 5.88. The number of rotatable bonds is 1. The molecule has 2 rings (SSSR count). The monoisotopic (exact) mass is 130 g/mol. The summed E-state index contributed by atoms with van der Waals surface area (Å²) in [5.74, 6) is 0. The van der Waals surface area contributed by atoms with Crippen molar-refractivity contribution in [1.82, 2.24) is 0 Å². The van der Waals surface area contributed by atoms with Crippen LogP contribution < -0.4 is 0 Å². The van der Waals surface area contributed by atoms with Crippen LogP contribution in [-0.2, 0) is 0 Å². The molecule has 0 heterocycles. The molecule has 0 heteroatoms. The Morgan fingerprint density at radius 2 is 1.70 bits per heavy atom. The molecule has 0 unspecified atom stereocenters. The van der Waals surface area contributed by atoms with E-state index in [0.29, 0.717) is 0 Å². The number of allylic oxidation sites excluding steroid dienone is 2. The van der Waals surface area contributed by atoms with Crippen LogP contribution in [0.25, 0.3) is 5.57 Å². The molecule has 0 aromatic heterocycles. The molecule has 0 nitrogen and oxygen atoms in total. The molecule has 10 heavy (non-hydrogen) atoms. The maximum atomic E-state index is 2.30. The molecule has 1 aliphatic rings. The summed E-state index contributed by atoms with van der Waals surface area (Å²) in [7, 11) is 0. The van der Waals surface area contributed by atoms with Gasteiger partial charge in [-0.05, 0) is 24.0 Å². The first kappa shape index (κ1) is 5.72. The molecule has 0 atom stereocenters. The van der Waals surface area contributed by atoms with E-state index in [1.165, 1.54) is 24.0 Å². The van der Waals surface area contributed by atoms with E-state index in [-0.39, 0.29) is 0 Å². The molecule has 0 saturated heterocycles. The van der Waals surface area contributed by atoms with E-state index in [1.54, 1.807) is 0 Å². The van der Waals surface area contributed by atoms with Crippen molar-refractivity contribution in [2.75, 3.05) is 0 Å². The molecule has 0 saturated carbocycles. The third-order valence-electron chi connectivity index (χ3n) is 1.95. The molecule has 1 aliphatic carbocycles. The second-order valence-corrected chi connectivity index (χ2v) is 2.63. The van der Waals surface area contributed by atoms with Crippen molar-refractivity contribution in [2.45, 2.75) is 12.8 Å². The molecule has 0 fully saturated rings. The zero-order chi connectivity index (χ0) is 6.81. The van der Waals surface area contributed by atoms with Gasteiger partial charge in [0.2, 0.25) is 0 Å². The molecular formula is C10H10. The Morgan fingerprint density at radius 3 is 2.20 bits per heavy atom. The highest BCUT2D eigenvalue weighted by molar-refractivity contribution is 5.69. The Balaban J connectivity index is 2.34. The molecule has 0 amide bonds. The van der Waals surface area contributed by atoms with Gasteiger partial charge >= 0.3 is 0 Å². The van der Waals surface area contributed by atoms with Gasteiger partial charge < -0.3 is 0 Å². The Labute approximate surface area is 61.2 Å². The fraction of sp³-hybridized carbons (Fsp3) is 0.200. The molecule has 0 spiro atoms. The van der Waals surface area contributed by atoms with E-state index in [9.17, 15) is 0 Å². The van der Waals surface area contributed by atoms with Crippen molar-refractivity contribution in [2.24, 2.45) is 0 Å². The SMILES string of the molecule is C1=C(c2ccccc2)CC1. The summed E-state index contributed by atoms with van der Waals surface area (Å²) in [6, 6.07) is 10.6. The van der Waals surface area contributed by atoms with Crippen LogP contribution in [0.15, 0.2) is 36.4 Å². The average molecular weight is 130 g/mol.